The quantitative estimate of drug-likeness (QED) is 0.669. The van der Waals surface area contributed by atoms with Crippen LogP contribution in [0.15, 0.2) is 35.5 Å². The molecule has 1 heterocycles. The third-order valence-corrected chi connectivity index (χ3v) is 3.21. The Kier molecular flexibility index (Phi) is 4.56. The molecule has 0 saturated carbocycles. The number of nitrogens with two attached hydrogens (primary N) is 1. The van der Waals surface area contributed by atoms with Crippen LogP contribution < -0.4 is 11.1 Å². The van der Waals surface area contributed by atoms with Crippen molar-refractivity contribution in [3.8, 4) is 0 Å². The van der Waals surface area contributed by atoms with Gasteiger partial charge in [0.15, 0.2) is 5.16 Å². The van der Waals surface area contributed by atoms with Crippen LogP contribution in [0.2, 0.25) is 0 Å². The molecule has 0 saturated heterocycles. The minimum absolute atomic E-state index is 0.337. The summed E-state index contributed by atoms with van der Waals surface area (Å²) in [4.78, 5) is 8.22. The number of thioether (sulfide) groups is 1. The summed E-state index contributed by atoms with van der Waals surface area (Å²) in [7, 11) is 0. The number of hydrogen-bond donors (Lipinski definition) is 2. The Morgan fingerprint density at radius 3 is 2.43 bits per heavy atom. The third kappa shape index (κ3) is 4.25. The van der Waals surface area contributed by atoms with Crippen molar-refractivity contribution in [2.45, 2.75) is 17.9 Å². The van der Waals surface area contributed by atoms with E-state index in [-0.39, 0.29) is 0 Å². The van der Waals surface area contributed by atoms with E-state index in [2.05, 4.69) is 15.3 Å². The van der Waals surface area contributed by atoms with Crippen molar-refractivity contribution in [1.82, 2.24) is 9.97 Å². The summed E-state index contributed by atoms with van der Waals surface area (Å²) in [6.45, 7) is 0.350. The number of rotatable bonds is 4. The average Bonchev–Trinajstić information content (AvgIpc) is 2.44. The van der Waals surface area contributed by atoms with Gasteiger partial charge in [-0.25, -0.2) is 9.97 Å². The van der Waals surface area contributed by atoms with Gasteiger partial charge < -0.3 is 11.1 Å². The van der Waals surface area contributed by atoms with Crippen molar-refractivity contribution in [2.75, 3.05) is 17.3 Å². The molecular formula is C13H13F3N4S. The zero-order chi connectivity index (χ0) is 15.5. The minimum atomic E-state index is -4.32. The van der Waals surface area contributed by atoms with Gasteiger partial charge in [0.1, 0.15) is 11.6 Å². The number of nitrogens with one attached hydrogen (secondary N) is 1. The fourth-order valence-corrected chi connectivity index (χ4v) is 2.02. The number of nitrogen functional groups attached to an aromatic ring is 1. The molecule has 0 spiro atoms. The molecule has 3 N–H and O–H groups in total. The number of aromatic nitrogens is 2. The van der Waals surface area contributed by atoms with Crippen LogP contribution in [0.25, 0.3) is 0 Å². The van der Waals surface area contributed by atoms with Crippen molar-refractivity contribution in [2.24, 2.45) is 0 Å². The lowest BCUT2D eigenvalue weighted by atomic mass is 10.1. The molecular weight excluding hydrogens is 301 g/mol. The number of nitrogens with zero attached hydrogens (tertiary/aromatic N) is 2. The maximum Gasteiger partial charge on any atom is 0.416 e. The number of anilines is 2. The predicted molar refractivity (Wildman–Crippen MR) is 77.0 cm³/mol. The highest BCUT2D eigenvalue weighted by Gasteiger charge is 2.29. The van der Waals surface area contributed by atoms with Gasteiger partial charge in [-0.05, 0) is 24.0 Å². The van der Waals surface area contributed by atoms with E-state index in [0.717, 1.165) is 12.1 Å². The second-order valence-corrected chi connectivity index (χ2v) is 4.99. The van der Waals surface area contributed by atoms with E-state index in [4.69, 9.17) is 5.73 Å². The Bertz CT molecular complexity index is 614. The summed E-state index contributed by atoms with van der Waals surface area (Å²) in [5.74, 6) is 0.871. The molecule has 0 aliphatic heterocycles. The van der Waals surface area contributed by atoms with Crippen LogP contribution in [-0.2, 0) is 12.7 Å². The highest BCUT2D eigenvalue weighted by Crippen LogP contribution is 2.29. The Hall–Kier alpha value is -1.96. The molecule has 2 aromatic rings. The molecule has 0 fully saturated rings. The predicted octanol–water partition coefficient (Wildman–Crippen LogP) is 3.41. The monoisotopic (exact) mass is 314 g/mol. The van der Waals surface area contributed by atoms with Gasteiger partial charge in [-0.1, -0.05) is 23.9 Å². The maximum absolute atomic E-state index is 12.4. The third-order valence-electron chi connectivity index (χ3n) is 2.66. The molecule has 0 bridgehead atoms. The number of halogens is 3. The van der Waals surface area contributed by atoms with Crippen molar-refractivity contribution in [3.63, 3.8) is 0 Å². The average molecular weight is 314 g/mol. The minimum Gasteiger partial charge on any atom is -0.383 e. The smallest absolute Gasteiger partial charge is 0.383 e. The van der Waals surface area contributed by atoms with Crippen LogP contribution in [0.4, 0.5) is 24.8 Å². The maximum atomic E-state index is 12.4. The van der Waals surface area contributed by atoms with E-state index >= 15 is 0 Å². The Morgan fingerprint density at radius 1 is 1.19 bits per heavy atom. The highest BCUT2D eigenvalue weighted by molar-refractivity contribution is 7.98. The van der Waals surface area contributed by atoms with Crippen LogP contribution in [0, 0.1) is 0 Å². The van der Waals surface area contributed by atoms with Crippen LogP contribution in [0.1, 0.15) is 11.1 Å². The van der Waals surface area contributed by atoms with E-state index in [0.29, 0.717) is 28.9 Å². The zero-order valence-electron chi connectivity index (χ0n) is 11.1. The van der Waals surface area contributed by atoms with E-state index < -0.39 is 11.7 Å². The molecule has 0 amide bonds. The van der Waals surface area contributed by atoms with Gasteiger partial charge >= 0.3 is 6.18 Å². The first-order valence-electron chi connectivity index (χ1n) is 5.97. The van der Waals surface area contributed by atoms with Crippen LogP contribution in [0.3, 0.4) is 0 Å². The van der Waals surface area contributed by atoms with Crippen molar-refractivity contribution >= 4 is 23.4 Å². The standard InChI is InChI=1S/C13H13F3N4S/c1-21-12-19-10(17)6-11(20-12)18-7-8-2-4-9(5-3-8)13(14,15)16/h2-6H,7H2,1H3,(H3,17,18,19,20). The Balaban J connectivity index is 2.05. The van der Waals surface area contributed by atoms with Gasteiger partial charge in [0, 0.05) is 12.6 Å². The molecule has 0 aliphatic carbocycles. The molecule has 8 heteroatoms. The first-order chi connectivity index (χ1) is 9.88. The highest BCUT2D eigenvalue weighted by atomic mass is 32.2. The van der Waals surface area contributed by atoms with Crippen LogP contribution >= 0.6 is 11.8 Å². The van der Waals surface area contributed by atoms with Gasteiger partial charge in [-0.2, -0.15) is 13.2 Å². The molecule has 0 atom stereocenters. The zero-order valence-corrected chi connectivity index (χ0v) is 11.9. The van der Waals surface area contributed by atoms with Crippen LogP contribution in [-0.4, -0.2) is 16.2 Å². The van der Waals surface area contributed by atoms with Crippen molar-refractivity contribution in [3.05, 3.63) is 41.5 Å². The van der Waals surface area contributed by atoms with Gasteiger partial charge in [-0.3, -0.25) is 0 Å². The summed E-state index contributed by atoms with van der Waals surface area (Å²) in [5, 5.41) is 3.54. The molecule has 1 aromatic carbocycles. The van der Waals surface area contributed by atoms with Crippen molar-refractivity contribution < 1.29 is 13.2 Å². The summed E-state index contributed by atoms with van der Waals surface area (Å²) in [6.07, 6.45) is -2.49. The molecule has 21 heavy (non-hydrogen) atoms. The Labute approximate surface area is 124 Å². The fourth-order valence-electron chi connectivity index (χ4n) is 1.63. The van der Waals surface area contributed by atoms with Gasteiger partial charge in [-0.15, -0.1) is 0 Å². The fraction of sp³-hybridized carbons (Fsp3) is 0.231. The summed E-state index contributed by atoms with van der Waals surface area (Å²) in [6, 6.07) is 6.53. The van der Waals surface area contributed by atoms with Crippen molar-refractivity contribution in [1.29, 1.82) is 0 Å². The van der Waals surface area contributed by atoms with Gasteiger partial charge in [0.25, 0.3) is 0 Å². The molecule has 4 nitrogen and oxygen atoms in total. The Morgan fingerprint density at radius 2 is 1.86 bits per heavy atom. The van der Waals surface area contributed by atoms with E-state index in [9.17, 15) is 13.2 Å². The van der Waals surface area contributed by atoms with Crippen LogP contribution in [0.5, 0.6) is 0 Å². The number of alkyl halides is 3. The lowest BCUT2D eigenvalue weighted by Gasteiger charge is -2.09. The number of benzene rings is 1. The molecule has 0 radical (unpaired) electrons. The summed E-state index contributed by atoms with van der Waals surface area (Å²) >= 11 is 1.36. The molecule has 0 aliphatic rings. The first-order valence-corrected chi connectivity index (χ1v) is 7.19. The lowest BCUT2D eigenvalue weighted by molar-refractivity contribution is -0.137. The molecule has 112 valence electrons. The number of hydrogen-bond acceptors (Lipinski definition) is 5. The SMILES string of the molecule is CSc1nc(N)cc(NCc2ccc(C(F)(F)F)cc2)n1. The molecule has 0 unspecified atom stereocenters. The van der Waals surface area contributed by atoms with Gasteiger partial charge in [0.05, 0.1) is 5.56 Å². The summed E-state index contributed by atoms with van der Waals surface area (Å²) < 4.78 is 37.3. The van der Waals surface area contributed by atoms with E-state index in [1.54, 1.807) is 6.07 Å². The second-order valence-electron chi connectivity index (χ2n) is 4.21. The lowest BCUT2D eigenvalue weighted by Crippen LogP contribution is -2.07. The van der Waals surface area contributed by atoms with E-state index in [1.807, 2.05) is 6.26 Å². The first kappa shape index (κ1) is 15.4. The second kappa shape index (κ2) is 6.21. The topological polar surface area (TPSA) is 63.8 Å². The normalized spacial score (nSPS) is 11.4. The molecule has 1 aromatic heterocycles. The van der Waals surface area contributed by atoms with E-state index in [1.165, 1.54) is 23.9 Å². The largest absolute Gasteiger partial charge is 0.416 e. The van der Waals surface area contributed by atoms with Gasteiger partial charge in [0.2, 0.25) is 0 Å². The molecule has 2 rings (SSSR count). The summed E-state index contributed by atoms with van der Waals surface area (Å²) in [5.41, 5.74) is 5.69.